The second kappa shape index (κ2) is 9.89. The van der Waals surface area contributed by atoms with Gasteiger partial charge in [0.25, 0.3) is 0 Å². The topological polar surface area (TPSA) is 72.0 Å². The van der Waals surface area contributed by atoms with Gasteiger partial charge < -0.3 is 20.0 Å². The van der Waals surface area contributed by atoms with Crippen LogP contribution < -0.4 is 10.2 Å². The summed E-state index contributed by atoms with van der Waals surface area (Å²) in [5, 5.41) is 3.46. The number of urea groups is 1. The first kappa shape index (κ1) is 26.5. The molecular formula is C28H36F2N6O2. The van der Waals surface area contributed by atoms with Gasteiger partial charge >= 0.3 is 12.0 Å². The first-order chi connectivity index (χ1) is 18.0. The summed E-state index contributed by atoms with van der Waals surface area (Å²) in [6.07, 6.45) is 1.50. The Balaban J connectivity index is 1.38. The van der Waals surface area contributed by atoms with Crippen LogP contribution in [-0.2, 0) is 16.1 Å². The molecule has 38 heavy (non-hydrogen) atoms. The largest absolute Gasteiger partial charge is 0.326 e. The molecule has 3 aliphatic rings. The molecule has 0 bridgehead atoms. The number of pyridine rings is 1. The highest BCUT2D eigenvalue weighted by atomic mass is 19.3. The Bertz CT molecular complexity index is 1210. The van der Waals surface area contributed by atoms with Crippen molar-refractivity contribution in [3.8, 4) is 0 Å². The summed E-state index contributed by atoms with van der Waals surface area (Å²) >= 11 is 0. The van der Waals surface area contributed by atoms with Crippen LogP contribution in [-0.4, -0.2) is 96.6 Å². The third-order valence-corrected chi connectivity index (χ3v) is 8.01. The van der Waals surface area contributed by atoms with Crippen LogP contribution in [0.2, 0.25) is 0 Å². The third-order valence-electron chi connectivity index (χ3n) is 8.01. The molecule has 204 valence electrons. The second-order valence-corrected chi connectivity index (χ2v) is 11.4. The third kappa shape index (κ3) is 4.87. The fourth-order valence-electron chi connectivity index (χ4n) is 5.74. The number of hydrogen-bond donors (Lipinski definition) is 1. The van der Waals surface area contributed by atoms with E-state index in [2.05, 4.69) is 22.1 Å². The van der Waals surface area contributed by atoms with Gasteiger partial charge in [-0.05, 0) is 13.0 Å². The maximum Gasteiger partial charge on any atom is 0.319 e. The number of benzene rings is 1. The summed E-state index contributed by atoms with van der Waals surface area (Å²) in [5.41, 5.74) is 0.359. The SMILES string of the molecule is C[C@@H]1CN(CC(=O)N2CC(C)(C)c3cnc(C(F)(F)c4ccccc4)cc32)[C@@H](CN2CCN(C)C2=O)CN1. The molecule has 0 unspecified atom stereocenters. The smallest absolute Gasteiger partial charge is 0.319 e. The number of aromatic nitrogens is 1. The van der Waals surface area contributed by atoms with Crippen molar-refractivity contribution in [2.75, 3.05) is 57.8 Å². The Morgan fingerprint density at radius 3 is 2.63 bits per heavy atom. The maximum absolute atomic E-state index is 15.4. The van der Waals surface area contributed by atoms with E-state index in [0.717, 1.165) is 5.56 Å². The summed E-state index contributed by atoms with van der Waals surface area (Å²) in [6, 6.07) is 9.18. The maximum atomic E-state index is 15.4. The molecule has 2 fully saturated rings. The Kier molecular flexibility index (Phi) is 6.89. The average molecular weight is 527 g/mol. The van der Waals surface area contributed by atoms with Gasteiger partial charge in [0.15, 0.2) is 0 Å². The van der Waals surface area contributed by atoms with E-state index in [0.29, 0.717) is 45.0 Å². The molecule has 1 aromatic heterocycles. The number of anilines is 1. The summed E-state index contributed by atoms with van der Waals surface area (Å²) in [4.78, 5) is 37.7. The molecule has 4 heterocycles. The molecule has 8 nitrogen and oxygen atoms in total. The van der Waals surface area contributed by atoms with Crippen molar-refractivity contribution < 1.29 is 18.4 Å². The first-order valence-electron chi connectivity index (χ1n) is 13.2. The zero-order valence-electron chi connectivity index (χ0n) is 22.5. The molecule has 1 N–H and O–H groups in total. The van der Waals surface area contributed by atoms with E-state index in [1.54, 1.807) is 35.0 Å². The molecule has 3 aliphatic heterocycles. The predicted octanol–water partition coefficient (Wildman–Crippen LogP) is 2.88. The van der Waals surface area contributed by atoms with Crippen LogP contribution >= 0.6 is 0 Å². The van der Waals surface area contributed by atoms with Crippen LogP contribution in [0.3, 0.4) is 0 Å². The molecule has 0 aliphatic carbocycles. The predicted molar refractivity (Wildman–Crippen MR) is 141 cm³/mol. The van der Waals surface area contributed by atoms with Crippen molar-refractivity contribution in [1.82, 2.24) is 25.0 Å². The first-order valence-corrected chi connectivity index (χ1v) is 13.2. The Hall–Kier alpha value is -3.11. The van der Waals surface area contributed by atoms with Gasteiger partial charge in [0.1, 0.15) is 5.69 Å². The van der Waals surface area contributed by atoms with Crippen molar-refractivity contribution in [2.45, 2.75) is 44.2 Å². The lowest BCUT2D eigenvalue weighted by Gasteiger charge is -2.41. The summed E-state index contributed by atoms with van der Waals surface area (Å²) in [5.74, 6) is -3.42. The van der Waals surface area contributed by atoms with Crippen LogP contribution in [0, 0.1) is 0 Å². The van der Waals surface area contributed by atoms with Crippen molar-refractivity contribution in [3.05, 3.63) is 59.4 Å². The minimum Gasteiger partial charge on any atom is -0.326 e. The van der Waals surface area contributed by atoms with Crippen LogP contribution in [0.4, 0.5) is 19.3 Å². The number of nitrogens with zero attached hydrogens (tertiary/aromatic N) is 5. The number of piperazine rings is 1. The molecule has 0 saturated carbocycles. The quantitative estimate of drug-likeness (QED) is 0.627. The van der Waals surface area contributed by atoms with E-state index in [4.69, 9.17) is 0 Å². The number of hydrogen-bond acceptors (Lipinski definition) is 5. The fourth-order valence-corrected chi connectivity index (χ4v) is 5.74. The van der Waals surface area contributed by atoms with Crippen molar-refractivity contribution >= 4 is 17.6 Å². The van der Waals surface area contributed by atoms with Gasteiger partial charge in [0.2, 0.25) is 5.91 Å². The van der Waals surface area contributed by atoms with E-state index in [-0.39, 0.29) is 41.8 Å². The van der Waals surface area contributed by atoms with Crippen molar-refractivity contribution in [2.24, 2.45) is 0 Å². The Morgan fingerprint density at radius 1 is 1.21 bits per heavy atom. The van der Waals surface area contributed by atoms with Crippen molar-refractivity contribution in [1.29, 1.82) is 0 Å². The zero-order valence-corrected chi connectivity index (χ0v) is 22.5. The molecule has 2 atom stereocenters. The summed E-state index contributed by atoms with van der Waals surface area (Å²) < 4.78 is 30.8. The number of carbonyl (C=O) groups is 2. The van der Waals surface area contributed by atoms with Crippen LogP contribution in [0.25, 0.3) is 0 Å². The number of nitrogens with one attached hydrogen (secondary N) is 1. The molecule has 2 saturated heterocycles. The molecule has 10 heteroatoms. The number of halogens is 2. The zero-order chi connectivity index (χ0) is 27.2. The minimum absolute atomic E-state index is 0.00416. The lowest BCUT2D eigenvalue weighted by atomic mass is 9.88. The molecule has 5 rings (SSSR count). The van der Waals surface area contributed by atoms with Gasteiger partial charge in [-0.1, -0.05) is 44.2 Å². The number of alkyl halides is 2. The lowest BCUT2D eigenvalue weighted by molar-refractivity contribution is -0.120. The molecular weight excluding hydrogens is 490 g/mol. The van der Waals surface area contributed by atoms with E-state index in [9.17, 15) is 9.59 Å². The number of carbonyl (C=O) groups excluding carboxylic acids is 2. The number of amides is 3. The van der Waals surface area contributed by atoms with Gasteiger partial charge in [-0.3, -0.25) is 14.7 Å². The summed E-state index contributed by atoms with van der Waals surface area (Å²) in [6.45, 7) is 9.84. The number of likely N-dealkylation sites (N-methyl/N-ethyl adjacent to an activating group) is 1. The van der Waals surface area contributed by atoms with Crippen LogP contribution in [0.1, 0.15) is 37.6 Å². The summed E-state index contributed by atoms with van der Waals surface area (Å²) in [7, 11) is 1.79. The molecule has 0 spiro atoms. The van der Waals surface area contributed by atoms with E-state index >= 15 is 8.78 Å². The minimum atomic E-state index is -3.29. The highest BCUT2D eigenvalue weighted by molar-refractivity contribution is 5.97. The van der Waals surface area contributed by atoms with E-state index < -0.39 is 11.3 Å². The normalized spacial score (nSPS) is 23.7. The van der Waals surface area contributed by atoms with E-state index in [1.165, 1.54) is 24.4 Å². The highest BCUT2D eigenvalue weighted by Crippen LogP contribution is 2.43. The number of rotatable bonds is 6. The molecule has 0 radical (unpaired) electrons. The fraction of sp³-hybridized carbons (Fsp3) is 0.536. The van der Waals surface area contributed by atoms with Gasteiger partial charge in [0.05, 0.1) is 12.2 Å². The second-order valence-electron chi connectivity index (χ2n) is 11.4. The molecule has 2 aromatic rings. The molecule has 3 amide bonds. The Labute approximate surface area is 222 Å². The van der Waals surface area contributed by atoms with E-state index in [1.807, 2.05) is 18.7 Å². The van der Waals surface area contributed by atoms with Gasteiger partial charge in [0, 0.05) is 81.1 Å². The van der Waals surface area contributed by atoms with Crippen molar-refractivity contribution in [3.63, 3.8) is 0 Å². The Morgan fingerprint density at radius 2 is 1.95 bits per heavy atom. The standard InChI is InChI=1S/C28H36F2N6O2/c1-19-15-35(21(13-31-19)16-34-11-10-33(4)26(34)38)17-25(37)36-18-27(2,3)22-14-32-24(12-23(22)36)28(29,30)20-8-6-5-7-9-20/h5-9,12,14,19,21,31H,10-11,13,15-18H2,1-4H3/t19-,21-/m1/s1. The highest BCUT2D eigenvalue weighted by Gasteiger charge is 2.43. The van der Waals surface area contributed by atoms with Gasteiger partial charge in [-0.25, -0.2) is 4.79 Å². The van der Waals surface area contributed by atoms with Crippen LogP contribution in [0.15, 0.2) is 42.6 Å². The monoisotopic (exact) mass is 526 g/mol. The van der Waals surface area contributed by atoms with Gasteiger partial charge in [-0.15, -0.1) is 0 Å². The van der Waals surface area contributed by atoms with Crippen LogP contribution in [0.5, 0.6) is 0 Å². The average Bonchev–Trinajstić information content (AvgIpc) is 3.35. The number of fused-ring (bicyclic) bond motifs is 1. The lowest BCUT2D eigenvalue weighted by Crippen LogP contribution is -2.61. The van der Waals surface area contributed by atoms with Gasteiger partial charge in [-0.2, -0.15) is 8.78 Å². The molecule has 1 aromatic carbocycles.